The van der Waals surface area contributed by atoms with Gasteiger partial charge in [0.1, 0.15) is 17.6 Å². The van der Waals surface area contributed by atoms with Crippen molar-refractivity contribution < 1.29 is 24.6 Å². The van der Waals surface area contributed by atoms with Crippen LogP contribution in [-0.4, -0.2) is 40.0 Å². The minimum absolute atomic E-state index is 0.0513. The van der Waals surface area contributed by atoms with Gasteiger partial charge in [-0.25, -0.2) is 4.79 Å². The number of aldehydes is 1. The first-order valence-electron chi connectivity index (χ1n) is 8.63. The molecule has 2 aromatic carbocycles. The lowest BCUT2D eigenvalue weighted by atomic mass is 9.66. The summed E-state index contributed by atoms with van der Waals surface area (Å²) < 4.78 is 0. The number of hydrogen-bond donors (Lipinski definition) is 5. The van der Waals surface area contributed by atoms with E-state index in [-0.39, 0.29) is 23.3 Å². The molecule has 0 spiro atoms. The van der Waals surface area contributed by atoms with Crippen LogP contribution >= 0.6 is 0 Å². The zero-order chi connectivity index (χ0) is 21.7. The molecular formula is C20H22N4O5. The topological polar surface area (TPSA) is 182 Å². The van der Waals surface area contributed by atoms with Crippen molar-refractivity contribution in [1.29, 1.82) is 0 Å². The number of nitrogens with two attached hydrogens (primary N) is 3. The lowest BCUT2D eigenvalue weighted by Gasteiger charge is -2.42. The normalized spacial score (nSPS) is 15.4. The molecule has 0 aliphatic carbocycles. The van der Waals surface area contributed by atoms with Gasteiger partial charge in [0.05, 0.1) is 6.21 Å². The number of carboxylic acids is 1. The van der Waals surface area contributed by atoms with Gasteiger partial charge in [-0.3, -0.25) is 4.79 Å². The van der Waals surface area contributed by atoms with Gasteiger partial charge in [-0.2, -0.15) is 5.10 Å². The number of rotatable bonds is 9. The van der Waals surface area contributed by atoms with E-state index >= 15 is 0 Å². The summed E-state index contributed by atoms with van der Waals surface area (Å²) in [6, 6.07) is 11.8. The van der Waals surface area contributed by atoms with Crippen molar-refractivity contribution in [2.75, 3.05) is 0 Å². The highest BCUT2D eigenvalue weighted by Crippen LogP contribution is 2.41. The van der Waals surface area contributed by atoms with Crippen LogP contribution < -0.4 is 17.3 Å². The van der Waals surface area contributed by atoms with Crippen molar-refractivity contribution in [2.45, 2.75) is 23.9 Å². The number of ketones is 1. The molecule has 0 amide bonds. The van der Waals surface area contributed by atoms with Crippen molar-refractivity contribution in [3.05, 3.63) is 65.2 Å². The highest BCUT2D eigenvalue weighted by Gasteiger charge is 2.59. The van der Waals surface area contributed by atoms with Crippen molar-refractivity contribution >= 4 is 24.3 Å². The summed E-state index contributed by atoms with van der Waals surface area (Å²) in [5.41, 5.74) is 8.66. The van der Waals surface area contributed by atoms with Crippen molar-refractivity contribution in [3.8, 4) is 5.75 Å². The Bertz CT molecular complexity index is 944. The highest BCUT2D eigenvalue weighted by atomic mass is 16.4. The van der Waals surface area contributed by atoms with E-state index in [2.05, 4.69) is 5.10 Å². The number of carbonyl (C=O) groups is 3. The standard InChI is InChI=1S/C20H22N4O5/c21-19(15-4-1-2-5-16(15)26,14-9-7-13(8-10-14)12-24-23)20(22,18(28)29)17(27)6-3-11-25/h1-2,4-5,7-12,26H,3,6,21-23H2,(H,28,29). The molecule has 2 unspecified atom stereocenters. The van der Waals surface area contributed by atoms with Crippen LogP contribution in [0.1, 0.15) is 29.5 Å². The van der Waals surface area contributed by atoms with Gasteiger partial charge in [0.15, 0.2) is 11.3 Å². The van der Waals surface area contributed by atoms with E-state index in [1.165, 1.54) is 42.6 Å². The van der Waals surface area contributed by atoms with Crippen LogP contribution in [-0.2, 0) is 19.9 Å². The van der Waals surface area contributed by atoms with Gasteiger partial charge < -0.3 is 32.3 Å². The fraction of sp³-hybridized carbons (Fsp3) is 0.200. The quantitative estimate of drug-likeness (QED) is 0.131. The number of nitrogens with zero attached hydrogens (tertiary/aromatic N) is 1. The minimum Gasteiger partial charge on any atom is -0.508 e. The van der Waals surface area contributed by atoms with Gasteiger partial charge in [0, 0.05) is 18.4 Å². The minimum atomic E-state index is -2.67. The number of aliphatic carboxylic acids is 1. The van der Waals surface area contributed by atoms with E-state index in [1.807, 2.05) is 0 Å². The predicted molar refractivity (Wildman–Crippen MR) is 106 cm³/mol. The Kier molecular flexibility index (Phi) is 6.47. The summed E-state index contributed by atoms with van der Waals surface area (Å²) in [6.07, 6.45) is 1.22. The van der Waals surface area contributed by atoms with Gasteiger partial charge >= 0.3 is 5.97 Å². The molecule has 0 fully saturated rings. The number of phenolic OH excluding ortho intramolecular Hbond substituents is 1. The molecule has 2 rings (SSSR count). The molecule has 9 nitrogen and oxygen atoms in total. The lowest BCUT2D eigenvalue weighted by molar-refractivity contribution is -0.151. The molecule has 29 heavy (non-hydrogen) atoms. The first kappa shape index (κ1) is 21.7. The zero-order valence-corrected chi connectivity index (χ0v) is 15.5. The van der Waals surface area contributed by atoms with Gasteiger partial charge in [0.25, 0.3) is 0 Å². The third-order valence-corrected chi connectivity index (χ3v) is 4.81. The summed E-state index contributed by atoms with van der Waals surface area (Å²) in [5.74, 6) is 2.16. The van der Waals surface area contributed by atoms with E-state index in [4.69, 9.17) is 17.3 Å². The van der Waals surface area contributed by atoms with E-state index in [9.17, 15) is 24.6 Å². The summed E-state index contributed by atoms with van der Waals surface area (Å²) in [4.78, 5) is 35.9. The molecule has 0 saturated carbocycles. The molecule has 0 saturated heterocycles. The molecular weight excluding hydrogens is 376 g/mol. The van der Waals surface area contributed by atoms with E-state index in [0.717, 1.165) is 0 Å². The SMILES string of the molecule is NN=Cc1ccc(C(N)(c2ccccc2O)C(N)(C(=O)O)C(=O)CCC=O)cc1. The van der Waals surface area contributed by atoms with Crippen LogP contribution in [0, 0.1) is 0 Å². The third-order valence-electron chi connectivity index (χ3n) is 4.81. The van der Waals surface area contributed by atoms with Crippen molar-refractivity contribution in [2.24, 2.45) is 22.4 Å². The molecule has 0 bridgehead atoms. The second kappa shape index (κ2) is 8.63. The zero-order valence-electron chi connectivity index (χ0n) is 15.5. The van der Waals surface area contributed by atoms with E-state index in [1.54, 1.807) is 12.1 Å². The summed E-state index contributed by atoms with van der Waals surface area (Å²) in [7, 11) is 0. The van der Waals surface area contributed by atoms with Crippen LogP contribution in [0.4, 0.5) is 0 Å². The number of carboxylic acid groups (broad SMARTS) is 1. The Hall–Kier alpha value is -3.56. The largest absolute Gasteiger partial charge is 0.508 e. The number of Topliss-reactive ketones (excluding diaryl/α,β-unsaturated/α-hetero) is 1. The average molecular weight is 398 g/mol. The number of aromatic hydroxyl groups is 1. The number of carbonyl (C=O) groups excluding carboxylic acids is 2. The van der Waals surface area contributed by atoms with Crippen LogP contribution in [0.5, 0.6) is 5.75 Å². The molecule has 0 aliphatic rings. The maximum Gasteiger partial charge on any atom is 0.334 e. The van der Waals surface area contributed by atoms with Crippen LogP contribution in [0.25, 0.3) is 0 Å². The molecule has 9 heteroatoms. The number of para-hydroxylation sites is 1. The summed E-state index contributed by atoms with van der Waals surface area (Å²) in [6.45, 7) is 0. The Morgan fingerprint density at radius 1 is 1.07 bits per heavy atom. The van der Waals surface area contributed by atoms with Crippen LogP contribution in [0.2, 0.25) is 0 Å². The maximum atomic E-state index is 12.9. The average Bonchev–Trinajstić information content (AvgIpc) is 2.71. The van der Waals surface area contributed by atoms with Crippen molar-refractivity contribution in [3.63, 3.8) is 0 Å². The smallest absolute Gasteiger partial charge is 0.334 e. The maximum absolute atomic E-state index is 12.9. The van der Waals surface area contributed by atoms with Crippen molar-refractivity contribution in [1.82, 2.24) is 0 Å². The molecule has 0 aromatic heterocycles. The molecule has 2 atom stereocenters. The fourth-order valence-electron chi connectivity index (χ4n) is 3.22. The predicted octanol–water partition coefficient (Wildman–Crippen LogP) is 0.217. The highest BCUT2D eigenvalue weighted by molar-refractivity contribution is 6.10. The molecule has 8 N–H and O–H groups in total. The fourth-order valence-corrected chi connectivity index (χ4v) is 3.22. The van der Waals surface area contributed by atoms with Crippen LogP contribution in [0.3, 0.4) is 0 Å². The first-order valence-corrected chi connectivity index (χ1v) is 8.63. The Balaban J connectivity index is 2.81. The van der Waals surface area contributed by atoms with Gasteiger partial charge in [0.2, 0.25) is 0 Å². The van der Waals surface area contributed by atoms with Gasteiger partial charge in [-0.05, 0) is 17.2 Å². The van der Waals surface area contributed by atoms with Crippen LogP contribution in [0.15, 0.2) is 53.6 Å². The number of hydrogen-bond acceptors (Lipinski definition) is 8. The Labute approximate surface area is 166 Å². The molecule has 152 valence electrons. The number of phenols is 1. The summed E-state index contributed by atoms with van der Waals surface area (Å²) in [5, 5.41) is 23.8. The first-order chi connectivity index (χ1) is 13.7. The molecule has 0 heterocycles. The Morgan fingerprint density at radius 3 is 2.21 bits per heavy atom. The number of hydrazone groups is 1. The lowest BCUT2D eigenvalue weighted by Crippen LogP contribution is -2.72. The molecule has 0 aliphatic heterocycles. The Morgan fingerprint density at radius 2 is 1.69 bits per heavy atom. The third kappa shape index (κ3) is 3.73. The number of benzene rings is 2. The van der Waals surface area contributed by atoms with Gasteiger partial charge in [-0.1, -0.05) is 42.5 Å². The molecule has 2 aromatic rings. The molecule has 0 radical (unpaired) electrons. The summed E-state index contributed by atoms with van der Waals surface area (Å²) >= 11 is 0. The van der Waals surface area contributed by atoms with E-state index < -0.39 is 29.3 Å². The van der Waals surface area contributed by atoms with E-state index in [0.29, 0.717) is 11.8 Å². The second-order valence-electron chi connectivity index (χ2n) is 6.47. The second-order valence-corrected chi connectivity index (χ2v) is 6.47. The monoisotopic (exact) mass is 398 g/mol. The van der Waals surface area contributed by atoms with Gasteiger partial charge in [-0.15, -0.1) is 0 Å².